The highest BCUT2D eigenvalue weighted by atomic mass is 16.5. The van der Waals surface area contributed by atoms with E-state index in [-0.39, 0.29) is 0 Å². The van der Waals surface area contributed by atoms with Crippen LogP contribution in [0.1, 0.15) is 31.0 Å². The summed E-state index contributed by atoms with van der Waals surface area (Å²) in [6.07, 6.45) is 3.14. The number of hydrogen-bond acceptors (Lipinski definition) is 6. The summed E-state index contributed by atoms with van der Waals surface area (Å²) in [6.45, 7) is 2.08. The Bertz CT molecular complexity index is 347. The summed E-state index contributed by atoms with van der Waals surface area (Å²) in [5.41, 5.74) is -0.995. The molecule has 0 radical (unpaired) electrons. The van der Waals surface area contributed by atoms with Crippen LogP contribution < -0.4 is 5.32 Å². The lowest BCUT2D eigenvalue weighted by Gasteiger charge is -2.28. The third-order valence-electron chi connectivity index (χ3n) is 2.98. The van der Waals surface area contributed by atoms with Crippen molar-refractivity contribution in [3.8, 4) is 0 Å². The molecule has 6 nitrogen and oxygen atoms in total. The van der Waals surface area contributed by atoms with Crippen LogP contribution >= 0.6 is 0 Å². The molecule has 0 spiro atoms. The summed E-state index contributed by atoms with van der Waals surface area (Å²) in [6, 6.07) is 0. The van der Waals surface area contributed by atoms with Gasteiger partial charge < -0.3 is 19.7 Å². The second-order valence-electron chi connectivity index (χ2n) is 4.42. The van der Waals surface area contributed by atoms with Gasteiger partial charge in [0.25, 0.3) is 5.89 Å². The third kappa shape index (κ3) is 3.02. The van der Waals surface area contributed by atoms with Gasteiger partial charge >= 0.3 is 0 Å². The molecule has 17 heavy (non-hydrogen) atoms. The Labute approximate surface area is 100 Å². The van der Waals surface area contributed by atoms with Gasteiger partial charge in [0.1, 0.15) is 0 Å². The molecule has 1 atom stereocenters. The molecule has 0 saturated carbocycles. The summed E-state index contributed by atoms with van der Waals surface area (Å²) in [4.78, 5) is 4.25. The number of β-amino-alcohol motifs (C(OH)–C–C–N with tert-alkyl or cyclic N) is 1. The van der Waals surface area contributed by atoms with Gasteiger partial charge in [-0.15, -0.1) is 0 Å². The molecule has 6 heteroatoms. The summed E-state index contributed by atoms with van der Waals surface area (Å²) < 4.78 is 10.1. The number of aryl methyl sites for hydroxylation is 1. The molecule has 2 N–H and O–H groups in total. The lowest BCUT2D eigenvalue weighted by Crippen LogP contribution is -2.43. The van der Waals surface area contributed by atoms with E-state index in [1.807, 2.05) is 0 Å². The van der Waals surface area contributed by atoms with Gasteiger partial charge in [-0.2, -0.15) is 4.98 Å². The minimum atomic E-state index is -0.995. The number of rotatable bonds is 5. The van der Waals surface area contributed by atoms with E-state index in [1.165, 1.54) is 0 Å². The second-order valence-corrected chi connectivity index (χ2v) is 4.42. The van der Waals surface area contributed by atoms with Crippen LogP contribution in [0.25, 0.3) is 0 Å². The molecular weight excluding hydrogens is 222 g/mol. The van der Waals surface area contributed by atoms with Crippen molar-refractivity contribution in [2.24, 2.45) is 0 Å². The van der Waals surface area contributed by atoms with Crippen molar-refractivity contribution in [1.82, 2.24) is 15.5 Å². The molecule has 0 aliphatic carbocycles. The fourth-order valence-corrected chi connectivity index (χ4v) is 1.99. The Kier molecular flexibility index (Phi) is 4.09. The second kappa shape index (κ2) is 5.57. The standard InChI is InChI=1S/C11H19N3O3/c1-16-7-2-4-9-13-10(17-14-9)11(15)5-3-6-12-8-11/h12,15H,2-8H2,1H3. The molecule has 1 fully saturated rings. The zero-order valence-electron chi connectivity index (χ0n) is 10.1. The number of hydrogen-bond donors (Lipinski definition) is 2. The largest absolute Gasteiger partial charge is 0.385 e. The van der Waals surface area contributed by atoms with Gasteiger partial charge in [0.15, 0.2) is 11.4 Å². The van der Waals surface area contributed by atoms with Crippen LogP contribution in [0, 0.1) is 0 Å². The Morgan fingerprint density at radius 3 is 3.18 bits per heavy atom. The number of ether oxygens (including phenoxy) is 1. The minimum absolute atomic E-state index is 0.331. The number of aromatic nitrogens is 2. The average molecular weight is 241 g/mol. The first-order valence-electron chi connectivity index (χ1n) is 6.00. The Balaban J connectivity index is 1.96. The number of nitrogens with zero attached hydrogens (tertiary/aromatic N) is 2. The molecule has 0 bridgehead atoms. The van der Waals surface area contributed by atoms with E-state index in [9.17, 15) is 5.11 Å². The fraction of sp³-hybridized carbons (Fsp3) is 0.818. The Morgan fingerprint density at radius 2 is 2.47 bits per heavy atom. The topological polar surface area (TPSA) is 80.4 Å². The maximum Gasteiger partial charge on any atom is 0.259 e. The molecule has 1 saturated heterocycles. The van der Waals surface area contributed by atoms with E-state index in [0.29, 0.717) is 37.7 Å². The maximum atomic E-state index is 10.3. The summed E-state index contributed by atoms with van der Waals surface area (Å²) in [7, 11) is 1.66. The van der Waals surface area contributed by atoms with Crippen molar-refractivity contribution >= 4 is 0 Å². The van der Waals surface area contributed by atoms with Crippen molar-refractivity contribution in [3.05, 3.63) is 11.7 Å². The van der Waals surface area contributed by atoms with Gasteiger partial charge in [-0.1, -0.05) is 5.16 Å². The SMILES string of the molecule is COCCCc1noc(C2(O)CCCNC2)n1. The van der Waals surface area contributed by atoms with E-state index < -0.39 is 5.60 Å². The van der Waals surface area contributed by atoms with E-state index in [0.717, 1.165) is 19.4 Å². The van der Waals surface area contributed by atoms with E-state index in [4.69, 9.17) is 9.26 Å². The van der Waals surface area contributed by atoms with Crippen LogP contribution in [0.2, 0.25) is 0 Å². The quantitative estimate of drug-likeness (QED) is 0.718. The van der Waals surface area contributed by atoms with Crippen LogP contribution in [0.5, 0.6) is 0 Å². The number of methoxy groups -OCH3 is 1. The van der Waals surface area contributed by atoms with Crippen molar-refractivity contribution in [2.45, 2.75) is 31.3 Å². The molecule has 0 amide bonds. The Hall–Kier alpha value is -0.980. The van der Waals surface area contributed by atoms with Gasteiger partial charge in [0.05, 0.1) is 0 Å². The predicted molar refractivity (Wildman–Crippen MR) is 60.5 cm³/mol. The zero-order valence-corrected chi connectivity index (χ0v) is 10.1. The van der Waals surface area contributed by atoms with Crippen LogP contribution in [-0.2, 0) is 16.8 Å². The van der Waals surface area contributed by atoms with Gasteiger partial charge in [0.2, 0.25) is 0 Å². The molecule has 1 unspecified atom stereocenters. The summed E-state index contributed by atoms with van der Waals surface area (Å²) in [5, 5.41) is 17.4. The molecule has 2 rings (SSSR count). The maximum absolute atomic E-state index is 10.3. The molecule has 1 aliphatic rings. The highest BCUT2D eigenvalue weighted by Gasteiger charge is 2.36. The van der Waals surface area contributed by atoms with Crippen LogP contribution in [-0.4, -0.2) is 42.1 Å². The van der Waals surface area contributed by atoms with Crippen molar-refractivity contribution < 1.29 is 14.4 Å². The average Bonchev–Trinajstić information content (AvgIpc) is 2.80. The first-order valence-corrected chi connectivity index (χ1v) is 6.00. The van der Waals surface area contributed by atoms with Crippen molar-refractivity contribution in [3.63, 3.8) is 0 Å². The lowest BCUT2D eigenvalue weighted by molar-refractivity contribution is -0.0167. The van der Waals surface area contributed by atoms with E-state index >= 15 is 0 Å². The molecule has 1 aromatic heterocycles. The van der Waals surface area contributed by atoms with Crippen molar-refractivity contribution in [2.75, 3.05) is 26.8 Å². The molecule has 0 aromatic carbocycles. The zero-order chi connectivity index (χ0) is 12.1. The number of aliphatic hydroxyl groups is 1. The highest BCUT2D eigenvalue weighted by Crippen LogP contribution is 2.26. The highest BCUT2D eigenvalue weighted by molar-refractivity contribution is 5.02. The van der Waals surface area contributed by atoms with Gasteiger partial charge in [-0.05, 0) is 25.8 Å². The van der Waals surface area contributed by atoms with E-state index in [2.05, 4.69) is 15.5 Å². The molecule has 1 aromatic rings. The molecular formula is C11H19N3O3. The minimum Gasteiger partial charge on any atom is -0.385 e. The molecule has 96 valence electrons. The third-order valence-corrected chi connectivity index (χ3v) is 2.98. The van der Waals surface area contributed by atoms with Gasteiger partial charge in [0, 0.05) is 26.7 Å². The van der Waals surface area contributed by atoms with Crippen molar-refractivity contribution in [1.29, 1.82) is 0 Å². The predicted octanol–water partition coefficient (Wildman–Crippen LogP) is 0.220. The normalized spacial score (nSPS) is 25.1. The van der Waals surface area contributed by atoms with E-state index in [1.54, 1.807) is 7.11 Å². The number of nitrogens with one attached hydrogen (secondary N) is 1. The molecule has 1 aliphatic heterocycles. The van der Waals surface area contributed by atoms with Gasteiger partial charge in [-0.25, -0.2) is 0 Å². The monoisotopic (exact) mass is 241 g/mol. The summed E-state index contributed by atoms with van der Waals surface area (Å²) in [5.74, 6) is 0.966. The van der Waals surface area contributed by atoms with Crippen LogP contribution in [0.3, 0.4) is 0 Å². The first-order chi connectivity index (χ1) is 8.24. The summed E-state index contributed by atoms with van der Waals surface area (Å²) >= 11 is 0. The fourth-order valence-electron chi connectivity index (χ4n) is 1.99. The molecule has 2 heterocycles. The number of piperidine rings is 1. The van der Waals surface area contributed by atoms with Crippen LogP contribution in [0.4, 0.5) is 0 Å². The first kappa shape index (κ1) is 12.5. The lowest BCUT2D eigenvalue weighted by atomic mass is 9.94. The smallest absolute Gasteiger partial charge is 0.259 e. The Morgan fingerprint density at radius 1 is 1.59 bits per heavy atom. The van der Waals surface area contributed by atoms with Crippen LogP contribution in [0.15, 0.2) is 4.52 Å². The van der Waals surface area contributed by atoms with Gasteiger partial charge in [-0.3, -0.25) is 0 Å².